The minimum absolute atomic E-state index is 0.0927. The Kier molecular flexibility index (Phi) is 2.66. The minimum Gasteiger partial charge on any atom is -0.396 e. The number of aromatic nitrogens is 1. The van der Waals surface area contributed by atoms with E-state index in [4.69, 9.17) is 16.7 Å². The average Bonchev–Trinajstić information content (AvgIpc) is 2.23. The molecule has 0 atom stereocenters. The Balaban J connectivity index is 2.69. The van der Waals surface area contributed by atoms with Gasteiger partial charge in [0.15, 0.2) is 0 Å². The van der Waals surface area contributed by atoms with Crippen molar-refractivity contribution >= 4 is 22.5 Å². The number of aliphatic hydroxyl groups is 1. The van der Waals surface area contributed by atoms with Crippen LogP contribution in [0.3, 0.4) is 0 Å². The molecule has 0 aliphatic carbocycles. The number of nitrogens with zero attached hydrogens (tertiary/aromatic N) is 1. The quantitative estimate of drug-likeness (QED) is 0.821. The molecule has 0 amide bonds. The molecule has 0 radical (unpaired) electrons. The van der Waals surface area contributed by atoms with Crippen LogP contribution in [0.1, 0.15) is 5.56 Å². The molecule has 0 fully saturated rings. The first-order valence-electron chi connectivity index (χ1n) is 4.46. The lowest BCUT2D eigenvalue weighted by Gasteiger charge is -2.05. The third-order valence-electron chi connectivity index (χ3n) is 2.18. The highest BCUT2D eigenvalue weighted by Crippen LogP contribution is 2.24. The molecule has 1 aromatic heterocycles. The Labute approximate surface area is 87.2 Å². The molecular formula is C11H10ClNO. The highest BCUT2D eigenvalue weighted by Gasteiger charge is 2.05. The van der Waals surface area contributed by atoms with Crippen LogP contribution in [-0.2, 0) is 6.42 Å². The normalized spacial score (nSPS) is 10.7. The molecule has 2 rings (SSSR count). The number of hydrogen-bond donors (Lipinski definition) is 1. The molecule has 0 spiro atoms. The van der Waals surface area contributed by atoms with Crippen molar-refractivity contribution in [1.82, 2.24) is 4.98 Å². The maximum Gasteiger partial charge on any atom is 0.0749 e. The first-order valence-corrected chi connectivity index (χ1v) is 4.83. The van der Waals surface area contributed by atoms with Gasteiger partial charge in [0.2, 0.25) is 0 Å². The van der Waals surface area contributed by atoms with Gasteiger partial charge in [0, 0.05) is 23.2 Å². The van der Waals surface area contributed by atoms with Crippen molar-refractivity contribution in [2.75, 3.05) is 6.61 Å². The molecule has 0 saturated carbocycles. The second kappa shape index (κ2) is 3.95. The fourth-order valence-electron chi connectivity index (χ4n) is 1.53. The van der Waals surface area contributed by atoms with Crippen LogP contribution < -0.4 is 0 Å². The van der Waals surface area contributed by atoms with E-state index in [0.29, 0.717) is 11.4 Å². The van der Waals surface area contributed by atoms with Crippen molar-refractivity contribution in [2.45, 2.75) is 6.42 Å². The van der Waals surface area contributed by atoms with Gasteiger partial charge in [-0.25, -0.2) is 0 Å². The molecule has 1 N–H and O–H groups in total. The van der Waals surface area contributed by atoms with Gasteiger partial charge in [0.05, 0.1) is 5.52 Å². The molecule has 1 aromatic carbocycles. The monoisotopic (exact) mass is 207 g/mol. The Morgan fingerprint density at radius 3 is 2.93 bits per heavy atom. The summed E-state index contributed by atoms with van der Waals surface area (Å²) >= 11 is 6.03. The lowest BCUT2D eigenvalue weighted by molar-refractivity contribution is 0.300. The molecule has 72 valence electrons. The maximum atomic E-state index is 8.92. The SMILES string of the molecule is OCCc1c(Cl)ccc2cccnc12. The minimum atomic E-state index is 0.0927. The molecule has 14 heavy (non-hydrogen) atoms. The predicted molar refractivity (Wildman–Crippen MR) is 57.5 cm³/mol. The molecule has 0 saturated heterocycles. The third kappa shape index (κ3) is 1.59. The molecule has 2 aromatic rings. The Hall–Kier alpha value is -1.12. The van der Waals surface area contributed by atoms with E-state index in [1.165, 1.54) is 0 Å². The van der Waals surface area contributed by atoms with Crippen LogP contribution in [0.4, 0.5) is 0 Å². The Bertz CT molecular complexity index is 456. The maximum absolute atomic E-state index is 8.92. The first-order chi connectivity index (χ1) is 6.83. The van der Waals surface area contributed by atoms with Crippen LogP contribution in [0.15, 0.2) is 30.5 Å². The molecule has 0 bridgehead atoms. The zero-order valence-electron chi connectivity index (χ0n) is 7.57. The zero-order valence-corrected chi connectivity index (χ0v) is 8.33. The van der Waals surface area contributed by atoms with Gasteiger partial charge in [-0.2, -0.15) is 0 Å². The number of fused-ring (bicyclic) bond motifs is 1. The standard InChI is InChI=1S/C11H10ClNO/c12-10-4-3-8-2-1-6-13-11(8)9(10)5-7-14/h1-4,6,14H,5,7H2. The summed E-state index contributed by atoms with van der Waals surface area (Å²) in [7, 11) is 0. The van der Waals surface area contributed by atoms with Gasteiger partial charge in [-0.05, 0) is 24.1 Å². The van der Waals surface area contributed by atoms with E-state index < -0.39 is 0 Å². The van der Waals surface area contributed by atoms with E-state index in [1.54, 1.807) is 6.20 Å². The molecule has 0 aliphatic heterocycles. The summed E-state index contributed by atoms with van der Waals surface area (Å²) < 4.78 is 0. The summed E-state index contributed by atoms with van der Waals surface area (Å²) in [5.41, 5.74) is 1.81. The Morgan fingerprint density at radius 1 is 1.29 bits per heavy atom. The molecule has 0 unspecified atom stereocenters. The van der Waals surface area contributed by atoms with Crippen LogP contribution in [0.5, 0.6) is 0 Å². The number of rotatable bonds is 2. The van der Waals surface area contributed by atoms with Crippen LogP contribution in [0, 0.1) is 0 Å². The van der Waals surface area contributed by atoms with Gasteiger partial charge in [0.1, 0.15) is 0 Å². The summed E-state index contributed by atoms with van der Waals surface area (Å²) in [5.74, 6) is 0. The third-order valence-corrected chi connectivity index (χ3v) is 2.54. The van der Waals surface area contributed by atoms with E-state index in [-0.39, 0.29) is 6.61 Å². The summed E-state index contributed by atoms with van der Waals surface area (Å²) in [6.07, 6.45) is 2.28. The number of halogens is 1. The van der Waals surface area contributed by atoms with Gasteiger partial charge in [-0.15, -0.1) is 0 Å². The first kappa shape index (κ1) is 9.44. The van der Waals surface area contributed by atoms with Crippen LogP contribution in [0.2, 0.25) is 5.02 Å². The number of pyridine rings is 1. The van der Waals surface area contributed by atoms with Crippen molar-refractivity contribution in [3.05, 3.63) is 41.0 Å². The average molecular weight is 208 g/mol. The van der Waals surface area contributed by atoms with E-state index in [2.05, 4.69) is 4.98 Å². The van der Waals surface area contributed by atoms with Crippen molar-refractivity contribution in [2.24, 2.45) is 0 Å². The molecule has 2 nitrogen and oxygen atoms in total. The van der Waals surface area contributed by atoms with Gasteiger partial charge in [-0.3, -0.25) is 4.98 Å². The highest BCUT2D eigenvalue weighted by atomic mass is 35.5. The Morgan fingerprint density at radius 2 is 2.14 bits per heavy atom. The van der Waals surface area contributed by atoms with Crippen molar-refractivity contribution in [1.29, 1.82) is 0 Å². The zero-order chi connectivity index (χ0) is 9.97. The second-order valence-corrected chi connectivity index (χ2v) is 3.48. The largest absolute Gasteiger partial charge is 0.396 e. The van der Waals surface area contributed by atoms with E-state index in [1.807, 2.05) is 24.3 Å². The predicted octanol–water partition coefficient (Wildman–Crippen LogP) is 2.42. The van der Waals surface area contributed by atoms with Gasteiger partial charge in [0.25, 0.3) is 0 Å². The smallest absolute Gasteiger partial charge is 0.0749 e. The molecule has 0 aliphatic rings. The van der Waals surface area contributed by atoms with E-state index in [0.717, 1.165) is 16.5 Å². The van der Waals surface area contributed by atoms with Gasteiger partial charge in [-0.1, -0.05) is 23.7 Å². The fraction of sp³-hybridized carbons (Fsp3) is 0.182. The number of aliphatic hydroxyl groups excluding tert-OH is 1. The van der Waals surface area contributed by atoms with Crippen molar-refractivity contribution in [3.8, 4) is 0 Å². The van der Waals surface area contributed by atoms with E-state index in [9.17, 15) is 0 Å². The van der Waals surface area contributed by atoms with Crippen molar-refractivity contribution < 1.29 is 5.11 Å². The summed E-state index contributed by atoms with van der Waals surface area (Å²) in [6, 6.07) is 7.65. The molecular weight excluding hydrogens is 198 g/mol. The molecule has 1 heterocycles. The van der Waals surface area contributed by atoms with Gasteiger partial charge < -0.3 is 5.11 Å². The van der Waals surface area contributed by atoms with Crippen LogP contribution in [-0.4, -0.2) is 16.7 Å². The van der Waals surface area contributed by atoms with Crippen LogP contribution >= 0.6 is 11.6 Å². The van der Waals surface area contributed by atoms with Crippen molar-refractivity contribution in [3.63, 3.8) is 0 Å². The lowest BCUT2D eigenvalue weighted by Crippen LogP contribution is -1.94. The summed E-state index contributed by atoms with van der Waals surface area (Å²) in [4.78, 5) is 4.27. The molecule has 3 heteroatoms. The number of hydrogen-bond acceptors (Lipinski definition) is 2. The summed E-state index contributed by atoms with van der Waals surface area (Å²) in [6.45, 7) is 0.0927. The topological polar surface area (TPSA) is 33.1 Å². The fourth-order valence-corrected chi connectivity index (χ4v) is 1.78. The highest BCUT2D eigenvalue weighted by molar-refractivity contribution is 6.32. The number of benzene rings is 1. The van der Waals surface area contributed by atoms with Gasteiger partial charge >= 0.3 is 0 Å². The van der Waals surface area contributed by atoms with Crippen LogP contribution in [0.25, 0.3) is 10.9 Å². The van der Waals surface area contributed by atoms with E-state index >= 15 is 0 Å². The summed E-state index contributed by atoms with van der Waals surface area (Å²) in [5, 5.41) is 10.6. The second-order valence-electron chi connectivity index (χ2n) is 3.07. The lowest BCUT2D eigenvalue weighted by atomic mass is 10.1.